The molecule has 0 saturated carbocycles. The first-order chi connectivity index (χ1) is 15.8. The highest BCUT2D eigenvalue weighted by Gasteiger charge is 2.34. The van der Waals surface area contributed by atoms with Crippen molar-refractivity contribution in [2.45, 2.75) is 37.6 Å². The summed E-state index contributed by atoms with van der Waals surface area (Å²) in [6.45, 7) is 5.42. The SMILES string of the molecule is CC(C)[C@@H](NC(=O)C1CCN(S(=O)(=O)c2ccccc2F)CC1)c1ccc2c(c1)OCCO2. The number of hydrogen-bond acceptors (Lipinski definition) is 5. The third kappa shape index (κ3) is 4.99. The van der Waals surface area contributed by atoms with Gasteiger partial charge in [-0.1, -0.05) is 32.0 Å². The molecule has 2 aromatic carbocycles. The number of amides is 1. The van der Waals surface area contributed by atoms with Crippen molar-refractivity contribution in [2.24, 2.45) is 11.8 Å². The molecule has 1 atom stereocenters. The van der Waals surface area contributed by atoms with Gasteiger partial charge in [-0.05, 0) is 48.6 Å². The van der Waals surface area contributed by atoms with Crippen LogP contribution < -0.4 is 14.8 Å². The van der Waals surface area contributed by atoms with Crippen molar-refractivity contribution >= 4 is 15.9 Å². The zero-order chi connectivity index (χ0) is 23.6. The van der Waals surface area contributed by atoms with Crippen LogP contribution in [0.4, 0.5) is 4.39 Å². The maximum atomic E-state index is 14.0. The lowest BCUT2D eigenvalue weighted by molar-refractivity contribution is -0.127. The third-order valence-electron chi connectivity index (χ3n) is 6.17. The topological polar surface area (TPSA) is 84.9 Å². The van der Waals surface area contributed by atoms with E-state index < -0.39 is 15.8 Å². The second kappa shape index (κ2) is 9.69. The molecular weight excluding hydrogens is 447 g/mol. The molecule has 33 heavy (non-hydrogen) atoms. The van der Waals surface area contributed by atoms with Crippen molar-refractivity contribution in [3.63, 3.8) is 0 Å². The van der Waals surface area contributed by atoms with E-state index in [0.29, 0.717) is 37.6 Å². The lowest BCUT2D eigenvalue weighted by Crippen LogP contribution is -2.44. The second-order valence-electron chi connectivity index (χ2n) is 8.74. The van der Waals surface area contributed by atoms with Gasteiger partial charge in [-0.3, -0.25) is 4.79 Å². The van der Waals surface area contributed by atoms with Crippen LogP contribution in [0.15, 0.2) is 47.4 Å². The molecule has 0 aliphatic carbocycles. The number of ether oxygens (including phenoxy) is 2. The zero-order valence-corrected chi connectivity index (χ0v) is 19.6. The second-order valence-corrected chi connectivity index (χ2v) is 10.6. The first-order valence-corrected chi connectivity index (χ1v) is 12.7. The summed E-state index contributed by atoms with van der Waals surface area (Å²) in [4.78, 5) is 12.7. The first kappa shape index (κ1) is 23.5. The fourth-order valence-electron chi connectivity index (χ4n) is 4.31. The summed E-state index contributed by atoms with van der Waals surface area (Å²) >= 11 is 0. The van der Waals surface area contributed by atoms with Crippen LogP contribution in [-0.4, -0.2) is 44.9 Å². The lowest BCUT2D eigenvalue weighted by atomic mass is 9.92. The molecule has 1 saturated heterocycles. The number of benzene rings is 2. The van der Waals surface area contributed by atoms with Crippen LogP contribution in [0, 0.1) is 17.7 Å². The molecule has 2 aromatic rings. The van der Waals surface area contributed by atoms with Gasteiger partial charge in [0.05, 0.1) is 6.04 Å². The molecule has 2 aliphatic rings. The molecule has 7 nitrogen and oxygen atoms in total. The predicted octanol–water partition coefficient (Wildman–Crippen LogP) is 3.51. The van der Waals surface area contributed by atoms with Crippen molar-refractivity contribution in [3.05, 3.63) is 53.8 Å². The molecule has 0 radical (unpaired) electrons. The molecule has 1 N–H and O–H groups in total. The van der Waals surface area contributed by atoms with Gasteiger partial charge >= 0.3 is 0 Å². The van der Waals surface area contributed by atoms with Crippen LogP contribution >= 0.6 is 0 Å². The van der Waals surface area contributed by atoms with Crippen molar-refractivity contribution in [2.75, 3.05) is 26.3 Å². The number of nitrogens with one attached hydrogen (secondary N) is 1. The molecule has 1 fully saturated rings. The molecule has 0 unspecified atom stereocenters. The molecule has 2 heterocycles. The first-order valence-electron chi connectivity index (χ1n) is 11.2. The Bertz CT molecular complexity index is 1110. The van der Waals surface area contributed by atoms with Crippen molar-refractivity contribution < 1.29 is 27.1 Å². The van der Waals surface area contributed by atoms with E-state index in [1.807, 2.05) is 32.0 Å². The van der Waals surface area contributed by atoms with E-state index in [1.165, 1.54) is 22.5 Å². The number of piperidine rings is 1. The fraction of sp³-hybridized carbons (Fsp3) is 0.458. The highest BCUT2D eigenvalue weighted by atomic mass is 32.2. The summed E-state index contributed by atoms with van der Waals surface area (Å²) in [7, 11) is -3.93. The van der Waals surface area contributed by atoms with E-state index in [1.54, 1.807) is 0 Å². The van der Waals surface area contributed by atoms with Crippen LogP contribution in [0.2, 0.25) is 0 Å². The minimum Gasteiger partial charge on any atom is -0.486 e. The standard InChI is InChI=1S/C24H29FN2O5S/c1-16(2)23(18-7-8-20-21(15-18)32-14-13-31-20)26-24(28)17-9-11-27(12-10-17)33(29,30)22-6-4-3-5-19(22)25/h3-8,15-17,23H,9-14H2,1-2H3,(H,26,28)/t23-/m1/s1. The van der Waals surface area contributed by atoms with Crippen LogP contribution in [-0.2, 0) is 14.8 Å². The van der Waals surface area contributed by atoms with Gasteiger partial charge in [0.2, 0.25) is 15.9 Å². The van der Waals surface area contributed by atoms with Crippen molar-refractivity contribution in [3.8, 4) is 11.5 Å². The zero-order valence-electron chi connectivity index (χ0n) is 18.8. The van der Waals surface area contributed by atoms with Crippen LogP contribution in [0.5, 0.6) is 11.5 Å². The lowest BCUT2D eigenvalue weighted by Gasteiger charge is -2.32. The van der Waals surface area contributed by atoms with Gasteiger partial charge in [0.1, 0.15) is 23.9 Å². The molecule has 178 valence electrons. The predicted molar refractivity (Wildman–Crippen MR) is 121 cm³/mol. The average molecular weight is 477 g/mol. The molecule has 9 heteroatoms. The summed E-state index contributed by atoms with van der Waals surface area (Å²) in [5.74, 6) is 0.323. The van der Waals surface area contributed by atoms with E-state index in [2.05, 4.69) is 5.32 Å². The van der Waals surface area contributed by atoms with Crippen LogP contribution in [0.1, 0.15) is 38.3 Å². The Morgan fingerprint density at radius 2 is 1.73 bits per heavy atom. The van der Waals surface area contributed by atoms with Crippen molar-refractivity contribution in [1.29, 1.82) is 0 Å². The normalized spacial score (nSPS) is 18.2. The monoisotopic (exact) mass is 476 g/mol. The summed E-state index contributed by atoms with van der Waals surface area (Å²) in [5, 5.41) is 3.14. The number of sulfonamides is 1. The van der Waals surface area contributed by atoms with Gasteiger partial charge < -0.3 is 14.8 Å². The van der Waals surface area contributed by atoms with E-state index in [-0.39, 0.29) is 41.8 Å². The summed E-state index contributed by atoms with van der Waals surface area (Å²) in [6, 6.07) is 10.8. The van der Waals surface area contributed by atoms with Gasteiger partial charge in [0, 0.05) is 19.0 Å². The Balaban J connectivity index is 1.41. The van der Waals surface area contributed by atoms with Gasteiger partial charge in [-0.15, -0.1) is 0 Å². The highest BCUT2D eigenvalue weighted by Crippen LogP contribution is 2.35. The van der Waals surface area contributed by atoms with Gasteiger partial charge in [0.15, 0.2) is 11.5 Å². The van der Waals surface area contributed by atoms with Crippen LogP contribution in [0.3, 0.4) is 0 Å². The summed E-state index contributed by atoms with van der Waals surface area (Å²) in [6.07, 6.45) is 0.761. The fourth-order valence-corrected chi connectivity index (χ4v) is 5.85. The van der Waals surface area contributed by atoms with E-state index in [4.69, 9.17) is 9.47 Å². The highest BCUT2D eigenvalue weighted by molar-refractivity contribution is 7.89. The molecule has 1 amide bonds. The molecule has 0 aromatic heterocycles. The number of carbonyl (C=O) groups excluding carboxylic acids is 1. The Hall–Kier alpha value is -2.65. The Morgan fingerprint density at radius 1 is 1.06 bits per heavy atom. The van der Waals surface area contributed by atoms with E-state index in [0.717, 1.165) is 11.6 Å². The Kier molecular flexibility index (Phi) is 6.90. The summed E-state index contributed by atoms with van der Waals surface area (Å²) in [5.41, 5.74) is 0.933. The quantitative estimate of drug-likeness (QED) is 0.690. The summed E-state index contributed by atoms with van der Waals surface area (Å²) < 4.78 is 52.2. The smallest absolute Gasteiger partial charge is 0.245 e. The van der Waals surface area contributed by atoms with Gasteiger partial charge in [-0.2, -0.15) is 4.31 Å². The van der Waals surface area contributed by atoms with Gasteiger partial charge in [0.25, 0.3) is 0 Å². The number of rotatable bonds is 6. The maximum Gasteiger partial charge on any atom is 0.245 e. The number of hydrogen-bond donors (Lipinski definition) is 1. The average Bonchev–Trinajstić information content (AvgIpc) is 2.82. The van der Waals surface area contributed by atoms with Crippen molar-refractivity contribution in [1.82, 2.24) is 9.62 Å². The van der Waals surface area contributed by atoms with E-state index in [9.17, 15) is 17.6 Å². The number of carbonyl (C=O) groups is 1. The molecule has 0 bridgehead atoms. The number of fused-ring (bicyclic) bond motifs is 1. The molecule has 2 aliphatic heterocycles. The number of nitrogens with zero attached hydrogens (tertiary/aromatic N) is 1. The minimum atomic E-state index is -3.93. The Labute approximate surface area is 193 Å². The Morgan fingerprint density at radius 3 is 2.39 bits per heavy atom. The molecule has 0 spiro atoms. The van der Waals surface area contributed by atoms with E-state index >= 15 is 0 Å². The van der Waals surface area contributed by atoms with Gasteiger partial charge in [-0.25, -0.2) is 12.8 Å². The maximum absolute atomic E-state index is 14.0. The molecule has 4 rings (SSSR count). The minimum absolute atomic E-state index is 0.105. The van der Waals surface area contributed by atoms with Crippen LogP contribution in [0.25, 0.3) is 0 Å². The largest absolute Gasteiger partial charge is 0.486 e. The number of halogens is 1. The molecular formula is C24H29FN2O5S. The third-order valence-corrected chi connectivity index (χ3v) is 8.10.